The summed E-state index contributed by atoms with van der Waals surface area (Å²) in [5.41, 5.74) is 7.92. The number of esters is 1. The Bertz CT molecular complexity index is 1270. The summed E-state index contributed by atoms with van der Waals surface area (Å²) in [6, 6.07) is 14.4. The fourth-order valence-electron chi connectivity index (χ4n) is 3.37. The van der Waals surface area contributed by atoms with E-state index in [2.05, 4.69) is 9.97 Å². The molecule has 0 amide bonds. The first-order chi connectivity index (χ1) is 14.0. The number of aromatic nitrogens is 2. The van der Waals surface area contributed by atoms with Gasteiger partial charge in [0.2, 0.25) is 0 Å². The Kier molecular flexibility index (Phi) is 4.56. The van der Waals surface area contributed by atoms with E-state index in [1.54, 1.807) is 31.3 Å². The average Bonchev–Trinajstić information content (AvgIpc) is 3.11. The van der Waals surface area contributed by atoms with Gasteiger partial charge in [0.05, 0.1) is 12.5 Å². The lowest BCUT2D eigenvalue weighted by molar-refractivity contribution is 0.0595. The van der Waals surface area contributed by atoms with Crippen LogP contribution in [0.5, 0.6) is 11.5 Å². The molecule has 2 heterocycles. The van der Waals surface area contributed by atoms with Crippen LogP contribution in [0.15, 0.2) is 59.5 Å². The third-order valence-electron chi connectivity index (χ3n) is 4.70. The van der Waals surface area contributed by atoms with Crippen molar-refractivity contribution < 1.29 is 14.3 Å². The predicted octanol–water partition coefficient (Wildman–Crippen LogP) is 3.99. The zero-order valence-electron chi connectivity index (χ0n) is 15.9. The van der Waals surface area contributed by atoms with Gasteiger partial charge in [-0.2, -0.15) is 0 Å². The van der Waals surface area contributed by atoms with Gasteiger partial charge < -0.3 is 25.2 Å². The Morgan fingerprint density at radius 1 is 1.10 bits per heavy atom. The van der Waals surface area contributed by atoms with Gasteiger partial charge in [-0.3, -0.25) is 4.79 Å². The number of rotatable bonds is 4. The minimum absolute atomic E-state index is 0.0347. The van der Waals surface area contributed by atoms with E-state index in [0.29, 0.717) is 44.8 Å². The fraction of sp³-hybridized carbons (Fsp3) is 0.0909. The van der Waals surface area contributed by atoms with Crippen molar-refractivity contribution in [2.24, 2.45) is 0 Å². The molecule has 0 bridgehead atoms. The highest BCUT2D eigenvalue weighted by Crippen LogP contribution is 2.40. The molecule has 0 aliphatic rings. The molecule has 4 rings (SSSR count). The van der Waals surface area contributed by atoms with E-state index in [1.165, 1.54) is 7.11 Å². The molecule has 4 aromatic rings. The van der Waals surface area contributed by atoms with Crippen LogP contribution in [0.4, 0.5) is 5.69 Å². The number of para-hydroxylation sites is 1. The number of hydrogen-bond acceptors (Lipinski definition) is 5. The first kappa shape index (κ1) is 18.4. The number of H-pyrrole nitrogens is 2. The number of nitrogen functional groups attached to an aromatic ring is 1. The number of anilines is 1. The molecular formula is C22H19N3O4. The predicted molar refractivity (Wildman–Crippen MR) is 111 cm³/mol. The molecule has 0 spiro atoms. The van der Waals surface area contributed by atoms with Crippen molar-refractivity contribution in [2.75, 3.05) is 12.8 Å². The van der Waals surface area contributed by atoms with Crippen molar-refractivity contribution in [1.29, 1.82) is 0 Å². The molecule has 0 saturated carbocycles. The van der Waals surface area contributed by atoms with E-state index in [9.17, 15) is 9.59 Å². The van der Waals surface area contributed by atoms with Crippen LogP contribution in [0.2, 0.25) is 0 Å². The molecule has 2 aromatic carbocycles. The number of ether oxygens (including phenoxy) is 2. The van der Waals surface area contributed by atoms with Gasteiger partial charge >= 0.3 is 5.97 Å². The summed E-state index contributed by atoms with van der Waals surface area (Å²) in [4.78, 5) is 30.8. The average molecular weight is 389 g/mol. The number of fused-ring (bicyclic) bond motifs is 1. The maximum atomic E-state index is 12.6. The molecule has 0 saturated heterocycles. The Morgan fingerprint density at radius 2 is 1.86 bits per heavy atom. The van der Waals surface area contributed by atoms with Crippen LogP contribution in [0.3, 0.4) is 0 Å². The van der Waals surface area contributed by atoms with Crippen LogP contribution in [-0.2, 0) is 4.74 Å². The van der Waals surface area contributed by atoms with Crippen molar-refractivity contribution in [3.05, 3.63) is 76.5 Å². The van der Waals surface area contributed by atoms with Crippen LogP contribution in [-0.4, -0.2) is 23.0 Å². The summed E-state index contributed by atoms with van der Waals surface area (Å²) in [5.74, 6) is 0.456. The second kappa shape index (κ2) is 7.20. The van der Waals surface area contributed by atoms with Gasteiger partial charge in [-0.25, -0.2) is 4.79 Å². The lowest BCUT2D eigenvalue weighted by Crippen LogP contribution is -2.16. The Hall–Kier alpha value is -4.00. The van der Waals surface area contributed by atoms with Crippen molar-refractivity contribution in [3.8, 4) is 22.6 Å². The maximum Gasteiger partial charge on any atom is 0.355 e. The Morgan fingerprint density at radius 3 is 2.59 bits per heavy atom. The van der Waals surface area contributed by atoms with Crippen LogP contribution in [0.1, 0.15) is 16.2 Å². The molecule has 146 valence electrons. The molecule has 0 unspecified atom stereocenters. The van der Waals surface area contributed by atoms with E-state index in [1.807, 2.05) is 30.3 Å². The van der Waals surface area contributed by atoms with Gasteiger partial charge in [-0.15, -0.1) is 0 Å². The summed E-state index contributed by atoms with van der Waals surface area (Å²) < 4.78 is 11.0. The number of hydrogen-bond donors (Lipinski definition) is 3. The van der Waals surface area contributed by atoms with Gasteiger partial charge in [-0.1, -0.05) is 18.2 Å². The number of carbonyl (C=O) groups excluding carboxylic acids is 1. The van der Waals surface area contributed by atoms with Gasteiger partial charge in [0.15, 0.2) is 0 Å². The van der Waals surface area contributed by atoms with E-state index >= 15 is 0 Å². The zero-order chi connectivity index (χ0) is 20.5. The van der Waals surface area contributed by atoms with E-state index in [-0.39, 0.29) is 11.3 Å². The number of pyridine rings is 1. The SMILES string of the molecule is COC(=O)c1[nH]c(=O)c2c(C)[nH]cc2c1-c1cc(N)ccc1Oc1ccccc1. The number of benzene rings is 2. The minimum Gasteiger partial charge on any atom is -0.464 e. The molecule has 4 N–H and O–H groups in total. The highest BCUT2D eigenvalue weighted by molar-refractivity contribution is 6.08. The largest absolute Gasteiger partial charge is 0.464 e. The number of methoxy groups -OCH3 is 1. The summed E-state index contributed by atoms with van der Waals surface area (Å²) in [5, 5.41) is 1.04. The fourth-order valence-corrected chi connectivity index (χ4v) is 3.37. The minimum atomic E-state index is -0.661. The highest BCUT2D eigenvalue weighted by atomic mass is 16.5. The van der Waals surface area contributed by atoms with Crippen LogP contribution < -0.4 is 16.0 Å². The topological polar surface area (TPSA) is 110 Å². The Labute approximate surface area is 166 Å². The van der Waals surface area contributed by atoms with E-state index < -0.39 is 5.97 Å². The van der Waals surface area contributed by atoms with Crippen LogP contribution >= 0.6 is 0 Å². The maximum absolute atomic E-state index is 12.6. The third-order valence-corrected chi connectivity index (χ3v) is 4.70. The van der Waals surface area contributed by atoms with Gasteiger partial charge in [0, 0.05) is 34.1 Å². The highest BCUT2D eigenvalue weighted by Gasteiger charge is 2.24. The molecule has 7 nitrogen and oxygen atoms in total. The van der Waals surface area contributed by atoms with Crippen molar-refractivity contribution in [1.82, 2.24) is 9.97 Å². The standard InChI is InChI=1S/C22H19N3O4/c1-12-18-16(11-24-12)19(20(22(27)28-2)25-21(18)26)15-10-13(23)8-9-17(15)29-14-6-4-3-5-7-14/h3-11,24H,23H2,1-2H3,(H,25,26). The molecule has 0 atom stereocenters. The molecule has 0 aliphatic carbocycles. The number of aromatic amines is 2. The molecular weight excluding hydrogens is 370 g/mol. The first-order valence-corrected chi connectivity index (χ1v) is 8.94. The summed E-state index contributed by atoms with van der Waals surface area (Å²) in [7, 11) is 1.26. The van der Waals surface area contributed by atoms with Gasteiger partial charge in [0.25, 0.3) is 5.56 Å². The van der Waals surface area contributed by atoms with Crippen molar-refractivity contribution >= 4 is 22.4 Å². The molecule has 0 fully saturated rings. The third kappa shape index (κ3) is 3.23. The van der Waals surface area contributed by atoms with E-state index in [4.69, 9.17) is 15.2 Å². The lowest BCUT2D eigenvalue weighted by atomic mass is 9.97. The molecule has 29 heavy (non-hydrogen) atoms. The molecule has 7 heteroatoms. The second-order valence-electron chi connectivity index (χ2n) is 6.57. The van der Waals surface area contributed by atoms with Gasteiger partial charge in [-0.05, 0) is 37.3 Å². The quantitative estimate of drug-likeness (QED) is 0.361. The molecule has 2 aromatic heterocycles. The van der Waals surface area contributed by atoms with Crippen LogP contribution in [0, 0.1) is 6.92 Å². The molecule has 0 aliphatic heterocycles. The number of nitrogens with two attached hydrogens (primary N) is 1. The van der Waals surface area contributed by atoms with Crippen LogP contribution in [0.25, 0.3) is 21.9 Å². The molecule has 0 radical (unpaired) electrons. The summed E-state index contributed by atoms with van der Waals surface area (Å²) in [6.45, 7) is 1.79. The first-order valence-electron chi connectivity index (χ1n) is 8.94. The number of carbonyl (C=O) groups is 1. The number of aryl methyl sites for hydroxylation is 1. The van der Waals surface area contributed by atoms with E-state index in [0.717, 1.165) is 0 Å². The van der Waals surface area contributed by atoms with Crippen molar-refractivity contribution in [2.45, 2.75) is 6.92 Å². The summed E-state index contributed by atoms with van der Waals surface area (Å²) >= 11 is 0. The monoisotopic (exact) mass is 389 g/mol. The lowest BCUT2D eigenvalue weighted by Gasteiger charge is -2.15. The Balaban J connectivity index is 2.04. The number of nitrogens with one attached hydrogen (secondary N) is 2. The van der Waals surface area contributed by atoms with Gasteiger partial charge in [0.1, 0.15) is 17.2 Å². The van der Waals surface area contributed by atoms with Crippen molar-refractivity contribution in [3.63, 3.8) is 0 Å². The normalized spacial score (nSPS) is 10.8. The summed E-state index contributed by atoms with van der Waals surface area (Å²) in [6.07, 6.45) is 1.69. The smallest absolute Gasteiger partial charge is 0.355 e. The zero-order valence-corrected chi connectivity index (χ0v) is 15.9. The second-order valence-corrected chi connectivity index (χ2v) is 6.57.